The molecule has 0 bridgehead atoms. The van der Waals surface area contributed by atoms with Crippen LogP contribution in [0.1, 0.15) is 20.3 Å². The van der Waals surface area contributed by atoms with Crippen molar-refractivity contribution >= 4 is 18.3 Å². The second-order valence-corrected chi connectivity index (χ2v) is 4.57. The van der Waals surface area contributed by atoms with E-state index in [1.165, 1.54) is 0 Å². The van der Waals surface area contributed by atoms with Crippen LogP contribution in [0.4, 0.5) is 0 Å². The van der Waals surface area contributed by atoms with Crippen LogP contribution in [0, 0.1) is 5.41 Å². The second kappa shape index (κ2) is 2.85. The summed E-state index contributed by atoms with van der Waals surface area (Å²) in [5.74, 6) is 0.293. The third-order valence-electron chi connectivity index (χ3n) is 3.93. The van der Waals surface area contributed by atoms with Gasteiger partial charge in [-0.15, -0.1) is 12.4 Å². The smallest absolute Gasteiger partial charge is 0.223 e. The van der Waals surface area contributed by atoms with E-state index in [2.05, 4.69) is 19.2 Å². The maximum atomic E-state index is 11.5. The predicted octanol–water partition coefficient (Wildman–Crippen LogP) is 0.638. The fraction of sp³-hybridized carbons (Fsp3) is 0.889. The van der Waals surface area contributed by atoms with E-state index in [-0.39, 0.29) is 23.4 Å². The van der Waals surface area contributed by atoms with Gasteiger partial charge < -0.3 is 10.2 Å². The molecule has 0 unspecified atom stereocenters. The van der Waals surface area contributed by atoms with Crippen LogP contribution in [-0.2, 0) is 4.79 Å². The quantitative estimate of drug-likeness (QED) is 0.628. The highest BCUT2D eigenvalue weighted by Gasteiger charge is 2.58. The summed E-state index contributed by atoms with van der Waals surface area (Å²) in [6.07, 6.45) is 0.726. The van der Waals surface area contributed by atoms with E-state index in [1.807, 2.05) is 11.9 Å². The van der Waals surface area contributed by atoms with Gasteiger partial charge in [-0.1, -0.05) is 0 Å². The van der Waals surface area contributed by atoms with Crippen molar-refractivity contribution in [1.82, 2.24) is 10.2 Å². The van der Waals surface area contributed by atoms with Gasteiger partial charge in [0.15, 0.2) is 0 Å². The number of amides is 1. The van der Waals surface area contributed by atoms with E-state index >= 15 is 0 Å². The molecule has 1 amide bonds. The van der Waals surface area contributed by atoms with Crippen LogP contribution in [0.5, 0.6) is 0 Å². The Kier molecular flexibility index (Phi) is 2.37. The van der Waals surface area contributed by atoms with Gasteiger partial charge in [0, 0.05) is 37.5 Å². The molecule has 4 heteroatoms. The van der Waals surface area contributed by atoms with Gasteiger partial charge in [-0.2, -0.15) is 0 Å². The largest absolute Gasteiger partial charge is 0.340 e. The monoisotopic (exact) mass is 204 g/mol. The van der Waals surface area contributed by atoms with Crippen LogP contribution >= 0.6 is 12.4 Å². The first-order chi connectivity index (χ1) is 5.50. The number of carbonyl (C=O) groups excluding carboxylic acids is 1. The lowest BCUT2D eigenvalue weighted by molar-refractivity contribution is -0.129. The van der Waals surface area contributed by atoms with E-state index in [1.54, 1.807) is 0 Å². The van der Waals surface area contributed by atoms with Crippen LogP contribution in [0.25, 0.3) is 0 Å². The zero-order valence-corrected chi connectivity index (χ0v) is 9.20. The number of likely N-dealkylation sites (tertiary alicyclic amines) is 1. The minimum absolute atomic E-state index is 0. The van der Waals surface area contributed by atoms with Gasteiger partial charge in [0.2, 0.25) is 5.91 Å². The number of nitrogens with zero attached hydrogens (tertiary/aromatic N) is 1. The first-order valence-corrected chi connectivity index (χ1v) is 4.47. The Morgan fingerprint density at radius 2 is 1.92 bits per heavy atom. The van der Waals surface area contributed by atoms with Crippen LogP contribution in [0.3, 0.4) is 0 Å². The van der Waals surface area contributed by atoms with Crippen LogP contribution in [0.15, 0.2) is 0 Å². The Morgan fingerprint density at radius 1 is 1.38 bits per heavy atom. The molecule has 0 saturated carbocycles. The molecule has 76 valence electrons. The van der Waals surface area contributed by atoms with Crippen LogP contribution in [0.2, 0.25) is 0 Å². The SMILES string of the molecule is CN1C(=O)CC2(CNC2)C1(C)C.Cl. The minimum atomic E-state index is 0. The second-order valence-electron chi connectivity index (χ2n) is 4.57. The molecular formula is C9H17ClN2O. The number of hydrogen-bond donors (Lipinski definition) is 1. The van der Waals surface area contributed by atoms with Gasteiger partial charge in [-0.25, -0.2) is 0 Å². The number of hydrogen-bond acceptors (Lipinski definition) is 2. The van der Waals surface area contributed by atoms with Gasteiger partial charge in [0.1, 0.15) is 0 Å². The van der Waals surface area contributed by atoms with Gasteiger partial charge in [0.05, 0.1) is 0 Å². The van der Waals surface area contributed by atoms with E-state index in [0.29, 0.717) is 5.91 Å². The molecule has 2 saturated heterocycles. The van der Waals surface area contributed by atoms with E-state index < -0.39 is 0 Å². The molecule has 2 fully saturated rings. The van der Waals surface area contributed by atoms with Crippen molar-refractivity contribution in [1.29, 1.82) is 0 Å². The molecule has 0 aromatic heterocycles. The Balaban J connectivity index is 0.000000845. The lowest BCUT2D eigenvalue weighted by Gasteiger charge is -2.50. The highest BCUT2D eigenvalue weighted by molar-refractivity contribution is 5.85. The molecular weight excluding hydrogens is 188 g/mol. The molecule has 2 aliphatic heterocycles. The number of rotatable bonds is 0. The normalized spacial score (nSPS) is 28.5. The maximum Gasteiger partial charge on any atom is 0.223 e. The van der Waals surface area contributed by atoms with Crippen molar-refractivity contribution in [3.05, 3.63) is 0 Å². The summed E-state index contributed by atoms with van der Waals surface area (Å²) in [6.45, 7) is 6.32. The number of nitrogens with one attached hydrogen (secondary N) is 1. The summed E-state index contributed by atoms with van der Waals surface area (Å²) >= 11 is 0. The fourth-order valence-corrected chi connectivity index (χ4v) is 2.28. The molecule has 1 spiro atoms. The van der Waals surface area contributed by atoms with Crippen molar-refractivity contribution in [2.75, 3.05) is 20.1 Å². The Labute approximate surface area is 85.3 Å². The summed E-state index contributed by atoms with van der Waals surface area (Å²) in [6, 6.07) is 0. The molecule has 0 aromatic rings. The molecule has 0 aromatic carbocycles. The predicted molar refractivity (Wildman–Crippen MR) is 54.0 cm³/mol. The third kappa shape index (κ3) is 1.10. The fourth-order valence-electron chi connectivity index (χ4n) is 2.28. The van der Waals surface area contributed by atoms with Crippen LogP contribution in [-0.4, -0.2) is 36.5 Å². The molecule has 0 radical (unpaired) electrons. The van der Waals surface area contributed by atoms with Crippen LogP contribution < -0.4 is 5.32 Å². The molecule has 2 heterocycles. The molecule has 2 aliphatic rings. The average Bonchev–Trinajstić information content (AvgIpc) is 2.09. The third-order valence-corrected chi connectivity index (χ3v) is 3.93. The zero-order chi connectivity index (χ0) is 8.98. The molecule has 13 heavy (non-hydrogen) atoms. The summed E-state index contributed by atoms with van der Waals surface area (Å²) in [5.41, 5.74) is 0.258. The summed E-state index contributed by atoms with van der Waals surface area (Å²) in [4.78, 5) is 13.4. The van der Waals surface area contributed by atoms with Crippen molar-refractivity contribution in [3.63, 3.8) is 0 Å². The Bertz CT molecular complexity index is 236. The lowest BCUT2D eigenvalue weighted by atomic mass is 9.67. The Morgan fingerprint density at radius 3 is 2.08 bits per heavy atom. The molecule has 3 nitrogen and oxygen atoms in total. The van der Waals surface area contributed by atoms with Gasteiger partial charge in [-0.3, -0.25) is 4.79 Å². The van der Waals surface area contributed by atoms with E-state index in [0.717, 1.165) is 19.5 Å². The maximum absolute atomic E-state index is 11.5. The topological polar surface area (TPSA) is 32.3 Å². The lowest BCUT2D eigenvalue weighted by Crippen LogP contribution is -2.64. The minimum Gasteiger partial charge on any atom is -0.340 e. The van der Waals surface area contributed by atoms with Crippen molar-refractivity contribution in [2.45, 2.75) is 25.8 Å². The van der Waals surface area contributed by atoms with Gasteiger partial charge >= 0.3 is 0 Å². The van der Waals surface area contributed by atoms with E-state index in [4.69, 9.17) is 0 Å². The van der Waals surface area contributed by atoms with E-state index in [9.17, 15) is 4.79 Å². The number of carbonyl (C=O) groups is 1. The molecule has 0 atom stereocenters. The summed E-state index contributed by atoms with van der Waals surface area (Å²) < 4.78 is 0. The summed E-state index contributed by atoms with van der Waals surface area (Å²) in [5, 5.41) is 3.26. The summed E-state index contributed by atoms with van der Waals surface area (Å²) in [7, 11) is 1.91. The first-order valence-electron chi connectivity index (χ1n) is 4.47. The van der Waals surface area contributed by atoms with Crippen molar-refractivity contribution < 1.29 is 4.79 Å². The number of halogens is 1. The average molecular weight is 205 g/mol. The highest BCUT2D eigenvalue weighted by atomic mass is 35.5. The van der Waals surface area contributed by atoms with Crippen molar-refractivity contribution in [3.8, 4) is 0 Å². The standard InChI is InChI=1S/C9H16N2O.ClH/c1-8(2)9(5-10-6-9)4-7(12)11(8)3;/h10H,4-6H2,1-3H3;1H. The Hall–Kier alpha value is -0.280. The molecule has 0 aliphatic carbocycles. The zero-order valence-electron chi connectivity index (χ0n) is 8.39. The highest BCUT2D eigenvalue weighted by Crippen LogP contribution is 2.47. The molecule has 2 rings (SSSR count). The van der Waals surface area contributed by atoms with Gasteiger partial charge in [-0.05, 0) is 13.8 Å². The van der Waals surface area contributed by atoms with Crippen molar-refractivity contribution in [2.24, 2.45) is 5.41 Å². The molecule has 1 N–H and O–H groups in total. The first kappa shape index (κ1) is 10.8. The van der Waals surface area contributed by atoms with Gasteiger partial charge in [0.25, 0.3) is 0 Å².